The summed E-state index contributed by atoms with van der Waals surface area (Å²) in [4.78, 5) is 40.7. The van der Waals surface area contributed by atoms with Crippen LogP contribution in [0, 0.1) is 0 Å². The lowest BCUT2D eigenvalue weighted by molar-refractivity contribution is -0.136. The zero-order valence-corrected chi connectivity index (χ0v) is 18.3. The molecule has 10 heteroatoms. The lowest BCUT2D eigenvalue weighted by Crippen LogP contribution is -2.52. The highest BCUT2D eigenvalue weighted by Crippen LogP contribution is 2.35. The van der Waals surface area contributed by atoms with Crippen molar-refractivity contribution in [3.8, 4) is 5.69 Å². The number of carbonyl (C=O) groups excluding carboxylic acids is 3. The molecule has 1 atom stereocenters. The first-order valence-corrected chi connectivity index (χ1v) is 11.0. The van der Waals surface area contributed by atoms with E-state index in [0.717, 1.165) is 42.9 Å². The summed E-state index contributed by atoms with van der Waals surface area (Å²) in [6, 6.07) is 4.88. The van der Waals surface area contributed by atoms with Crippen LogP contribution in [-0.4, -0.2) is 75.7 Å². The van der Waals surface area contributed by atoms with Crippen molar-refractivity contribution >= 4 is 17.7 Å². The maximum absolute atomic E-state index is 13.1. The molecule has 32 heavy (non-hydrogen) atoms. The summed E-state index contributed by atoms with van der Waals surface area (Å²) in [7, 11) is 4.14. The first kappa shape index (κ1) is 20.8. The molecule has 2 fully saturated rings. The van der Waals surface area contributed by atoms with Crippen LogP contribution in [0.4, 0.5) is 0 Å². The van der Waals surface area contributed by atoms with Gasteiger partial charge in [-0.1, -0.05) is 11.3 Å². The van der Waals surface area contributed by atoms with Crippen molar-refractivity contribution < 1.29 is 14.4 Å². The maximum Gasteiger partial charge on any atom is 0.255 e. The lowest BCUT2D eigenvalue weighted by atomic mass is 9.84. The molecule has 1 aromatic heterocycles. The summed E-state index contributed by atoms with van der Waals surface area (Å²) in [5.41, 5.74) is 2.90. The lowest BCUT2D eigenvalue weighted by Gasteiger charge is -2.41. The van der Waals surface area contributed by atoms with E-state index in [0.29, 0.717) is 18.5 Å². The van der Waals surface area contributed by atoms with Gasteiger partial charge in [0, 0.05) is 24.1 Å². The summed E-state index contributed by atoms with van der Waals surface area (Å²) in [6.07, 6.45) is 4.41. The molecular weight excluding hydrogens is 410 g/mol. The van der Waals surface area contributed by atoms with Crippen LogP contribution in [0.5, 0.6) is 0 Å². The van der Waals surface area contributed by atoms with Gasteiger partial charge in [-0.3, -0.25) is 24.6 Å². The van der Waals surface area contributed by atoms with Gasteiger partial charge in [-0.25, -0.2) is 4.68 Å². The third kappa shape index (κ3) is 3.21. The number of hydrogen-bond donors (Lipinski definition) is 2. The van der Waals surface area contributed by atoms with Gasteiger partial charge >= 0.3 is 0 Å². The van der Waals surface area contributed by atoms with E-state index in [2.05, 4.69) is 39.9 Å². The first-order valence-electron chi connectivity index (χ1n) is 11.0. The van der Waals surface area contributed by atoms with Crippen molar-refractivity contribution in [1.82, 2.24) is 35.4 Å². The number of nitrogens with one attached hydrogen (secondary N) is 2. The van der Waals surface area contributed by atoms with Gasteiger partial charge in [0.15, 0.2) is 0 Å². The van der Waals surface area contributed by atoms with Crippen LogP contribution >= 0.6 is 0 Å². The van der Waals surface area contributed by atoms with E-state index in [-0.39, 0.29) is 23.8 Å². The topological polar surface area (TPSA) is 112 Å². The molecular formula is C22H27N7O3. The molecule has 1 unspecified atom stereocenters. The highest BCUT2D eigenvalue weighted by molar-refractivity contribution is 6.05. The fourth-order valence-electron chi connectivity index (χ4n) is 5.15. The Morgan fingerprint density at radius 2 is 1.94 bits per heavy atom. The number of imide groups is 1. The van der Waals surface area contributed by atoms with Gasteiger partial charge < -0.3 is 10.2 Å². The number of aromatic nitrogens is 3. The zero-order valence-electron chi connectivity index (χ0n) is 18.3. The molecule has 0 saturated carbocycles. The van der Waals surface area contributed by atoms with Gasteiger partial charge in [0.25, 0.3) is 5.91 Å². The van der Waals surface area contributed by atoms with E-state index in [1.54, 1.807) is 15.6 Å². The molecule has 3 aliphatic rings. The Morgan fingerprint density at radius 3 is 2.66 bits per heavy atom. The summed E-state index contributed by atoms with van der Waals surface area (Å²) in [5.74, 6) is -0.899. The number of rotatable bonds is 4. The number of nitrogens with zero attached hydrogens (tertiary/aromatic N) is 5. The second kappa shape index (κ2) is 7.79. The number of benzene rings is 1. The second-order valence-electron chi connectivity index (χ2n) is 8.93. The summed E-state index contributed by atoms with van der Waals surface area (Å²) in [5, 5.41) is 14.7. The number of fused-ring (bicyclic) bond motifs is 1. The smallest absolute Gasteiger partial charge is 0.255 e. The van der Waals surface area contributed by atoms with Crippen LogP contribution < -0.4 is 10.6 Å². The van der Waals surface area contributed by atoms with Crippen LogP contribution in [-0.2, 0) is 21.7 Å². The Morgan fingerprint density at radius 1 is 1.16 bits per heavy atom. The van der Waals surface area contributed by atoms with Crippen LogP contribution in [0.3, 0.4) is 0 Å². The highest BCUT2D eigenvalue weighted by atomic mass is 16.2. The summed E-state index contributed by atoms with van der Waals surface area (Å²) in [6.45, 7) is 2.14. The van der Waals surface area contributed by atoms with Crippen molar-refractivity contribution in [2.45, 2.75) is 43.8 Å². The minimum atomic E-state index is -0.640. The first-order chi connectivity index (χ1) is 15.4. The van der Waals surface area contributed by atoms with Crippen LogP contribution in [0.15, 0.2) is 24.4 Å². The molecule has 0 aliphatic carbocycles. The van der Waals surface area contributed by atoms with Gasteiger partial charge in [0.2, 0.25) is 11.8 Å². The summed E-state index contributed by atoms with van der Waals surface area (Å²) >= 11 is 0. The molecule has 2 saturated heterocycles. The average Bonchev–Trinajstić information content (AvgIpc) is 3.40. The van der Waals surface area contributed by atoms with Gasteiger partial charge in [-0.05, 0) is 58.6 Å². The van der Waals surface area contributed by atoms with E-state index in [9.17, 15) is 14.4 Å². The Balaban J connectivity index is 1.47. The standard InChI is InChI=1S/C22H27N7O3/c1-27(2)22(8-10-23-11-9-22)18-13-29(26-25-18)16-5-3-4-14-15(16)12-28(21(14)32)17-6-7-19(30)24-20(17)31/h3-5,13,17,23H,6-12H2,1-2H3,(H,24,30,31). The molecule has 3 aliphatic heterocycles. The van der Waals surface area contributed by atoms with Gasteiger partial charge in [0.05, 0.1) is 17.4 Å². The zero-order chi connectivity index (χ0) is 22.5. The third-order valence-electron chi connectivity index (χ3n) is 7.06. The molecule has 10 nitrogen and oxygen atoms in total. The highest BCUT2D eigenvalue weighted by Gasteiger charge is 2.41. The van der Waals surface area contributed by atoms with Crippen molar-refractivity contribution in [2.24, 2.45) is 0 Å². The quantitative estimate of drug-likeness (QED) is 0.656. The molecule has 2 aromatic rings. The molecule has 1 aromatic carbocycles. The number of hydrogen-bond acceptors (Lipinski definition) is 7. The fraction of sp³-hybridized carbons (Fsp3) is 0.500. The molecule has 168 valence electrons. The van der Waals surface area contributed by atoms with Gasteiger partial charge in [-0.2, -0.15) is 0 Å². The van der Waals surface area contributed by atoms with Crippen molar-refractivity contribution in [3.05, 3.63) is 41.2 Å². The molecule has 0 bridgehead atoms. The Bertz CT molecular complexity index is 1090. The van der Waals surface area contributed by atoms with E-state index >= 15 is 0 Å². The maximum atomic E-state index is 13.1. The molecule has 0 radical (unpaired) electrons. The fourth-order valence-corrected chi connectivity index (χ4v) is 5.15. The van der Waals surface area contributed by atoms with E-state index in [1.165, 1.54) is 0 Å². The van der Waals surface area contributed by atoms with Crippen molar-refractivity contribution in [2.75, 3.05) is 27.2 Å². The van der Waals surface area contributed by atoms with Crippen LogP contribution in [0.25, 0.3) is 5.69 Å². The number of carbonyl (C=O) groups is 3. The third-order valence-corrected chi connectivity index (χ3v) is 7.06. The van der Waals surface area contributed by atoms with Crippen molar-refractivity contribution in [1.29, 1.82) is 0 Å². The summed E-state index contributed by atoms with van der Waals surface area (Å²) < 4.78 is 1.74. The minimum absolute atomic E-state index is 0.184. The molecule has 2 N–H and O–H groups in total. The van der Waals surface area contributed by atoms with Crippen LogP contribution in [0.1, 0.15) is 47.3 Å². The monoisotopic (exact) mass is 437 g/mol. The van der Waals surface area contributed by atoms with E-state index < -0.39 is 11.9 Å². The van der Waals surface area contributed by atoms with E-state index in [4.69, 9.17) is 0 Å². The number of piperidine rings is 2. The molecule has 5 rings (SSSR count). The van der Waals surface area contributed by atoms with Crippen molar-refractivity contribution in [3.63, 3.8) is 0 Å². The predicted octanol–water partition coefficient (Wildman–Crippen LogP) is 0.169. The number of amides is 3. The largest absolute Gasteiger partial charge is 0.322 e. The Kier molecular flexibility index (Phi) is 5.06. The molecule has 0 spiro atoms. The Hall–Kier alpha value is -3.11. The SMILES string of the molecule is CN(C)C1(c2cn(-c3cccc4c3CN(C3CCC(=O)NC3=O)C4=O)nn2)CCNCC1. The van der Waals surface area contributed by atoms with E-state index in [1.807, 2.05) is 18.3 Å². The second-order valence-corrected chi connectivity index (χ2v) is 8.93. The molecule has 3 amide bonds. The normalized spacial score (nSPS) is 22.9. The van der Waals surface area contributed by atoms with Crippen LogP contribution in [0.2, 0.25) is 0 Å². The Labute approximate surface area is 185 Å². The van der Waals surface area contributed by atoms with Gasteiger partial charge in [-0.15, -0.1) is 5.10 Å². The minimum Gasteiger partial charge on any atom is -0.322 e. The average molecular weight is 438 g/mol. The predicted molar refractivity (Wildman–Crippen MR) is 115 cm³/mol. The van der Waals surface area contributed by atoms with Gasteiger partial charge in [0.1, 0.15) is 11.7 Å². The molecule has 4 heterocycles.